The molecule has 0 aliphatic heterocycles. The number of nitrogens with zero attached hydrogens (tertiary/aromatic N) is 2. The van der Waals surface area contributed by atoms with E-state index in [1.807, 2.05) is 11.8 Å². The van der Waals surface area contributed by atoms with Gasteiger partial charge in [-0.05, 0) is 25.2 Å². The molecule has 21 heavy (non-hydrogen) atoms. The lowest BCUT2D eigenvalue weighted by Crippen LogP contribution is -2.32. The van der Waals surface area contributed by atoms with Crippen molar-refractivity contribution in [1.29, 1.82) is 0 Å². The van der Waals surface area contributed by atoms with E-state index in [1.54, 1.807) is 12.1 Å². The van der Waals surface area contributed by atoms with Gasteiger partial charge in [0.2, 0.25) is 0 Å². The normalized spacial score (nSPS) is 11.8. The van der Waals surface area contributed by atoms with Gasteiger partial charge in [-0.1, -0.05) is 19.9 Å². The van der Waals surface area contributed by atoms with Crippen LogP contribution in [0.25, 0.3) is 11.1 Å². The number of nitro groups is 1. The van der Waals surface area contributed by atoms with Crippen LogP contribution in [0.5, 0.6) is 0 Å². The fourth-order valence-corrected chi connectivity index (χ4v) is 3.05. The summed E-state index contributed by atoms with van der Waals surface area (Å²) < 4.78 is 5.67. The number of rotatable bonds is 7. The van der Waals surface area contributed by atoms with Gasteiger partial charge in [-0.15, -0.1) is 0 Å². The van der Waals surface area contributed by atoms with Crippen molar-refractivity contribution in [3.8, 4) is 0 Å². The van der Waals surface area contributed by atoms with E-state index in [4.69, 9.17) is 4.42 Å². The lowest BCUT2D eigenvalue weighted by molar-refractivity contribution is -0.383. The maximum atomic E-state index is 11.0. The monoisotopic (exact) mass is 309 g/mol. The number of benzene rings is 1. The van der Waals surface area contributed by atoms with Crippen molar-refractivity contribution >= 4 is 34.6 Å². The summed E-state index contributed by atoms with van der Waals surface area (Å²) in [5, 5.41) is 14.2. The molecule has 0 bridgehead atoms. The number of para-hydroxylation sites is 1. The highest BCUT2D eigenvalue weighted by atomic mass is 32.2. The quantitative estimate of drug-likeness (QED) is 0.613. The molecule has 0 amide bonds. The van der Waals surface area contributed by atoms with Crippen LogP contribution in [0.2, 0.25) is 0 Å². The Morgan fingerprint density at radius 3 is 2.71 bits per heavy atom. The third-order valence-electron chi connectivity index (χ3n) is 3.88. The first-order valence-corrected chi connectivity index (χ1v) is 8.10. The van der Waals surface area contributed by atoms with Gasteiger partial charge < -0.3 is 9.73 Å². The maximum Gasteiger partial charge on any atom is 0.298 e. The number of oxazole rings is 1. The van der Waals surface area contributed by atoms with Crippen molar-refractivity contribution in [2.75, 3.05) is 18.1 Å². The molecule has 0 radical (unpaired) electrons. The van der Waals surface area contributed by atoms with Gasteiger partial charge in [-0.25, -0.2) is 0 Å². The number of nitro benzene ring substituents is 1. The Morgan fingerprint density at radius 1 is 1.43 bits per heavy atom. The van der Waals surface area contributed by atoms with Gasteiger partial charge in [0, 0.05) is 17.4 Å². The van der Waals surface area contributed by atoms with Crippen LogP contribution < -0.4 is 5.32 Å². The molecular weight excluding hydrogens is 290 g/mol. The highest BCUT2D eigenvalue weighted by Crippen LogP contribution is 2.32. The molecule has 0 spiro atoms. The molecule has 1 N–H and O–H groups in total. The molecule has 0 atom stereocenters. The average Bonchev–Trinajstić information content (AvgIpc) is 2.91. The van der Waals surface area contributed by atoms with E-state index in [2.05, 4.69) is 30.4 Å². The molecule has 0 aliphatic carbocycles. The molecule has 6 nitrogen and oxygen atoms in total. The molecule has 0 aliphatic rings. The number of non-ortho nitro benzene ring substituents is 1. The minimum atomic E-state index is -0.446. The van der Waals surface area contributed by atoms with Crippen molar-refractivity contribution in [2.24, 2.45) is 0 Å². The van der Waals surface area contributed by atoms with E-state index in [9.17, 15) is 10.1 Å². The highest BCUT2D eigenvalue weighted by Gasteiger charge is 2.26. The van der Waals surface area contributed by atoms with Crippen LogP contribution in [-0.2, 0) is 0 Å². The number of hydrogen-bond acceptors (Lipinski definition) is 6. The molecule has 1 heterocycles. The van der Waals surface area contributed by atoms with Crippen LogP contribution in [0.15, 0.2) is 22.6 Å². The summed E-state index contributed by atoms with van der Waals surface area (Å²) >= 11 is 1.81. The number of anilines is 1. The van der Waals surface area contributed by atoms with Crippen molar-refractivity contribution in [3.05, 3.63) is 28.3 Å². The van der Waals surface area contributed by atoms with Gasteiger partial charge >= 0.3 is 0 Å². The number of fused-ring (bicyclic) bond motifs is 1. The summed E-state index contributed by atoms with van der Waals surface area (Å²) in [6.07, 6.45) is 4.14. The zero-order valence-electron chi connectivity index (χ0n) is 12.4. The number of hydrogen-bond donors (Lipinski definition) is 1. The Kier molecular flexibility index (Phi) is 4.72. The average molecular weight is 309 g/mol. The lowest BCUT2D eigenvalue weighted by Gasteiger charge is -2.29. The van der Waals surface area contributed by atoms with E-state index >= 15 is 0 Å². The molecule has 0 saturated carbocycles. The molecule has 0 saturated heterocycles. The molecule has 2 rings (SSSR count). The Morgan fingerprint density at radius 2 is 2.14 bits per heavy atom. The SMILES string of the molecule is CCC(CC)(CNc1nc2c([N+](=O)[O-])cccc2o1)SC. The van der Waals surface area contributed by atoms with Crippen LogP contribution in [0.1, 0.15) is 26.7 Å². The largest absolute Gasteiger partial charge is 0.423 e. The molecule has 1 aromatic heterocycles. The van der Waals surface area contributed by atoms with Crippen molar-refractivity contribution in [2.45, 2.75) is 31.4 Å². The van der Waals surface area contributed by atoms with Gasteiger partial charge in [0.05, 0.1) is 4.92 Å². The Hall–Kier alpha value is -1.76. The molecule has 0 fully saturated rings. The highest BCUT2D eigenvalue weighted by molar-refractivity contribution is 8.00. The predicted molar refractivity (Wildman–Crippen MR) is 86.0 cm³/mol. The molecule has 1 aromatic carbocycles. The van der Waals surface area contributed by atoms with E-state index in [1.165, 1.54) is 6.07 Å². The van der Waals surface area contributed by atoms with Crippen LogP contribution in [0.4, 0.5) is 11.7 Å². The first-order chi connectivity index (χ1) is 10.0. The minimum Gasteiger partial charge on any atom is -0.423 e. The van der Waals surface area contributed by atoms with E-state index in [-0.39, 0.29) is 16.0 Å². The fourth-order valence-electron chi connectivity index (χ4n) is 2.25. The smallest absolute Gasteiger partial charge is 0.298 e. The summed E-state index contributed by atoms with van der Waals surface area (Å²) in [5.74, 6) is 0. The van der Waals surface area contributed by atoms with Gasteiger partial charge in [-0.3, -0.25) is 10.1 Å². The Balaban J connectivity index is 2.24. The van der Waals surface area contributed by atoms with Crippen LogP contribution in [0, 0.1) is 10.1 Å². The van der Waals surface area contributed by atoms with Crippen molar-refractivity contribution in [1.82, 2.24) is 4.98 Å². The van der Waals surface area contributed by atoms with Crippen molar-refractivity contribution in [3.63, 3.8) is 0 Å². The summed E-state index contributed by atoms with van der Waals surface area (Å²) in [6, 6.07) is 5.04. The standard InChI is InChI=1S/C14H19N3O3S/c1-4-14(5-2,21-3)9-15-13-16-12-10(17(18)19)7-6-8-11(12)20-13/h6-8H,4-5,9H2,1-3H3,(H,15,16). The molecule has 114 valence electrons. The van der Waals surface area contributed by atoms with E-state index in [0.717, 1.165) is 12.8 Å². The second kappa shape index (κ2) is 6.34. The first kappa shape index (κ1) is 15.6. The van der Waals surface area contributed by atoms with Crippen LogP contribution in [-0.4, -0.2) is 27.5 Å². The summed E-state index contributed by atoms with van der Waals surface area (Å²) in [5.41, 5.74) is 0.675. The Bertz CT molecular complexity index is 629. The van der Waals surface area contributed by atoms with Gasteiger partial charge in [0.25, 0.3) is 11.7 Å². The molecule has 2 aromatic rings. The summed E-state index contributed by atoms with van der Waals surface area (Å²) in [6.45, 7) is 5.01. The molecule has 0 unspecified atom stereocenters. The van der Waals surface area contributed by atoms with Gasteiger partial charge in [0.1, 0.15) is 0 Å². The number of nitrogens with one attached hydrogen (secondary N) is 1. The number of aromatic nitrogens is 1. The van der Waals surface area contributed by atoms with E-state index < -0.39 is 4.92 Å². The van der Waals surface area contributed by atoms with Crippen LogP contribution in [0.3, 0.4) is 0 Å². The maximum absolute atomic E-state index is 11.0. The summed E-state index contributed by atoms with van der Waals surface area (Å²) in [7, 11) is 0. The van der Waals surface area contributed by atoms with Crippen LogP contribution >= 0.6 is 11.8 Å². The second-order valence-electron chi connectivity index (χ2n) is 4.85. The molecular formula is C14H19N3O3S. The predicted octanol–water partition coefficient (Wildman–Crippen LogP) is 4.07. The zero-order valence-corrected chi connectivity index (χ0v) is 13.2. The third-order valence-corrected chi connectivity index (χ3v) is 5.47. The van der Waals surface area contributed by atoms with Crippen molar-refractivity contribution < 1.29 is 9.34 Å². The third kappa shape index (κ3) is 3.12. The van der Waals surface area contributed by atoms with Gasteiger partial charge in [0.15, 0.2) is 11.1 Å². The number of thioether (sulfide) groups is 1. The Labute approximate surface area is 127 Å². The minimum absolute atomic E-state index is 0.0357. The topological polar surface area (TPSA) is 81.2 Å². The summed E-state index contributed by atoms with van der Waals surface area (Å²) in [4.78, 5) is 14.7. The second-order valence-corrected chi connectivity index (χ2v) is 6.12. The lowest BCUT2D eigenvalue weighted by atomic mass is 10.0. The fraction of sp³-hybridized carbons (Fsp3) is 0.500. The molecule has 7 heteroatoms. The first-order valence-electron chi connectivity index (χ1n) is 6.88. The van der Waals surface area contributed by atoms with Gasteiger partial charge in [-0.2, -0.15) is 16.7 Å². The van der Waals surface area contributed by atoms with E-state index in [0.29, 0.717) is 18.1 Å². The zero-order chi connectivity index (χ0) is 15.5.